The van der Waals surface area contributed by atoms with Gasteiger partial charge in [0.2, 0.25) is 5.91 Å². The van der Waals surface area contributed by atoms with E-state index in [0.717, 1.165) is 0 Å². The van der Waals surface area contributed by atoms with Crippen LogP contribution in [0.2, 0.25) is 0 Å². The molecule has 1 fully saturated rings. The molecule has 1 aliphatic rings. The van der Waals surface area contributed by atoms with Crippen molar-refractivity contribution in [3.63, 3.8) is 0 Å². The third-order valence-corrected chi connectivity index (χ3v) is 4.01. The van der Waals surface area contributed by atoms with Gasteiger partial charge >= 0.3 is 5.97 Å². The van der Waals surface area contributed by atoms with Crippen molar-refractivity contribution < 1.29 is 19.1 Å². The van der Waals surface area contributed by atoms with Crippen LogP contribution in [-0.4, -0.2) is 40.5 Å². The van der Waals surface area contributed by atoms with Gasteiger partial charge in [-0.25, -0.2) is 0 Å². The smallest absolute Gasteiger partial charge is 0.308 e. The van der Waals surface area contributed by atoms with E-state index in [1.54, 1.807) is 25.3 Å². The van der Waals surface area contributed by atoms with Crippen LogP contribution in [0.1, 0.15) is 26.0 Å². The maximum atomic E-state index is 12.1. The van der Waals surface area contributed by atoms with Crippen LogP contribution in [0.3, 0.4) is 0 Å². The molecule has 1 saturated heterocycles. The van der Waals surface area contributed by atoms with Crippen LogP contribution in [0.15, 0.2) is 22.8 Å². The van der Waals surface area contributed by atoms with E-state index in [1.165, 1.54) is 0 Å². The predicted molar refractivity (Wildman–Crippen MR) is 71.9 cm³/mol. The Hall–Kier alpha value is -1.82. The van der Waals surface area contributed by atoms with Crippen LogP contribution < -0.4 is 5.32 Å². The molecule has 0 aliphatic carbocycles. The summed E-state index contributed by atoms with van der Waals surface area (Å²) in [5.41, 5.74) is 0. The molecular formula is C14H20N2O4. The average Bonchev–Trinajstić information content (AvgIpc) is 3.04. The molecule has 6 nitrogen and oxygen atoms in total. The second-order valence-electron chi connectivity index (χ2n) is 5.18. The molecule has 1 aromatic rings. The first kappa shape index (κ1) is 14.6. The molecule has 1 aromatic heterocycles. The maximum absolute atomic E-state index is 12.1. The summed E-state index contributed by atoms with van der Waals surface area (Å²) in [4.78, 5) is 25.1. The Morgan fingerprint density at radius 1 is 1.60 bits per heavy atom. The monoisotopic (exact) mass is 280 g/mol. The van der Waals surface area contributed by atoms with E-state index in [4.69, 9.17) is 9.52 Å². The summed E-state index contributed by atoms with van der Waals surface area (Å²) in [6, 6.07) is 3.09. The third-order valence-electron chi connectivity index (χ3n) is 4.01. The second kappa shape index (κ2) is 6.09. The summed E-state index contributed by atoms with van der Waals surface area (Å²) in [5, 5.41) is 11.9. The third kappa shape index (κ3) is 3.01. The highest BCUT2D eigenvalue weighted by Crippen LogP contribution is 2.26. The Balaban J connectivity index is 1.89. The van der Waals surface area contributed by atoms with Crippen LogP contribution in [-0.2, 0) is 16.1 Å². The zero-order valence-corrected chi connectivity index (χ0v) is 11.7. The van der Waals surface area contributed by atoms with Gasteiger partial charge in [0.05, 0.1) is 24.8 Å². The van der Waals surface area contributed by atoms with Gasteiger partial charge in [-0.15, -0.1) is 0 Å². The molecule has 20 heavy (non-hydrogen) atoms. The van der Waals surface area contributed by atoms with E-state index in [-0.39, 0.29) is 18.0 Å². The van der Waals surface area contributed by atoms with Gasteiger partial charge in [0.1, 0.15) is 5.76 Å². The highest BCUT2D eigenvalue weighted by Gasteiger charge is 2.39. The molecule has 1 amide bonds. The SMILES string of the molecule is CC(C(=O)NCc1ccco1)N1CCC(C(=O)O)C1C. The minimum absolute atomic E-state index is 0.112. The van der Waals surface area contributed by atoms with Gasteiger partial charge in [-0.2, -0.15) is 0 Å². The number of carboxylic acids is 1. The number of furan rings is 1. The van der Waals surface area contributed by atoms with E-state index < -0.39 is 11.9 Å². The number of nitrogens with zero attached hydrogens (tertiary/aromatic N) is 1. The summed E-state index contributed by atoms with van der Waals surface area (Å²) in [6.45, 7) is 4.65. The van der Waals surface area contributed by atoms with Gasteiger partial charge in [-0.05, 0) is 32.4 Å². The number of nitrogens with one attached hydrogen (secondary N) is 1. The van der Waals surface area contributed by atoms with Crippen molar-refractivity contribution in [2.75, 3.05) is 6.54 Å². The predicted octanol–water partition coefficient (Wildman–Crippen LogP) is 1.08. The maximum Gasteiger partial charge on any atom is 0.308 e. The van der Waals surface area contributed by atoms with Gasteiger partial charge in [-0.1, -0.05) is 0 Å². The zero-order chi connectivity index (χ0) is 14.7. The van der Waals surface area contributed by atoms with Gasteiger partial charge in [0.15, 0.2) is 0 Å². The molecule has 2 N–H and O–H groups in total. The number of carbonyl (C=O) groups excluding carboxylic acids is 1. The van der Waals surface area contributed by atoms with Crippen LogP contribution in [0.25, 0.3) is 0 Å². The molecule has 110 valence electrons. The van der Waals surface area contributed by atoms with Crippen molar-refractivity contribution in [3.05, 3.63) is 24.2 Å². The van der Waals surface area contributed by atoms with Crippen molar-refractivity contribution >= 4 is 11.9 Å². The standard InChI is InChI=1S/C14H20N2O4/c1-9-12(14(18)19)5-6-16(9)10(2)13(17)15-8-11-4-3-7-20-11/h3-4,7,9-10,12H,5-6,8H2,1-2H3,(H,15,17)(H,18,19). The van der Waals surface area contributed by atoms with E-state index >= 15 is 0 Å². The van der Waals surface area contributed by atoms with Crippen molar-refractivity contribution in [2.45, 2.75) is 38.9 Å². The van der Waals surface area contributed by atoms with Gasteiger partial charge in [0, 0.05) is 12.6 Å². The van der Waals surface area contributed by atoms with E-state index in [9.17, 15) is 9.59 Å². The molecule has 2 rings (SSSR count). The van der Waals surface area contributed by atoms with E-state index in [0.29, 0.717) is 25.3 Å². The first-order chi connectivity index (χ1) is 9.50. The van der Waals surface area contributed by atoms with Crippen molar-refractivity contribution in [1.82, 2.24) is 10.2 Å². The number of hydrogen-bond acceptors (Lipinski definition) is 4. The first-order valence-electron chi connectivity index (χ1n) is 6.79. The van der Waals surface area contributed by atoms with Crippen molar-refractivity contribution in [2.24, 2.45) is 5.92 Å². The van der Waals surface area contributed by atoms with Crippen molar-refractivity contribution in [1.29, 1.82) is 0 Å². The van der Waals surface area contributed by atoms with Crippen molar-refractivity contribution in [3.8, 4) is 0 Å². The van der Waals surface area contributed by atoms with Crippen LogP contribution in [0.5, 0.6) is 0 Å². The minimum atomic E-state index is -0.789. The van der Waals surface area contributed by atoms with Crippen LogP contribution in [0.4, 0.5) is 0 Å². The molecule has 3 atom stereocenters. The normalized spacial score (nSPS) is 24.5. The Morgan fingerprint density at radius 2 is 2.35 bits per heavy atom. The second-order valence-corrected chi connectivity index (χ2v) is 5.18. The quantitative estimate of drug-likeness (QED) is 0.843. The molecule has 0 aromatic carbocycles. The van der Waals surface area contributed by atoms with E-state index in [1.807, 2.05) is 11.8 Å². The summed E-state index contributed by atoms with van der Waals surface area (Å²) in [5.74, 6) is -0.596. The molecular weight excluding hydrogens is 260 g/mol. The molecule has 6 heteroatoms. The van der Waals surface area contributed by atoms with E-state index in [2.05, 4.69) is 5.32 Å². The fourth-order valence-corrected chi connectivity index (χ4v) is 2.73. The zero-order valence-electron chi connectivity index (χ0n) is 11.7. The average molecular weight is 280 g/mol. The first-order valence-corrected chi connectivity index (χ1v) is 6.79. The minimum Gasteiger partial charge on any atom is -0.481 e. The lowest BCUT2D eigenvalue weighted by Gasteiger charge is -2.28. The largest absolute Gasteiger partial charge is 0.481 e. The molecule has 2 heterocycles. The summed E-state index contributed by atoms with van der Waals surface area (Å²) < 4.78 is 5.15. The fourth-order valence-electron chi connectivity index (χ4n) is 2.73. The number of amides is 1. The molecule has 0 bridgehead atoms. The summed E-state index contributed by atoms with van der Waals surface area (Å²) >= 11 is 0. The lowest BCUT2D eigenvalue weighted by molar-refractivity contribution is -0.143. The van der Waals surface area contributed by atoms with Gasteiger partial charge < -0.3 is 14.8 Å². The lowest BCUT2D eigenvalue weighted by Crippen LogP contribution is -2.47. The summed E-state index contributed by atoms with van der Waals surface area (Å²) in [7, 11) is 0. The molecule has 3 unspecified atom stereocenters. The van der Waals surface area contributed by atoms with Gasteiger partial charge in [-0.3, -0.25) is 14.5 Å². The van der Waals surface area contributed by atoms with Crippen LogP contribution in [0, 0.1) is 5.92 Å². The fraction of sp³-hybridized carbons (Fsp3) is 0.571. The van der Waals surface area contributed by atoms with Gasteiger partial charge in [0.25, 0.3) is 0 Å². The molecule has 0 saturated carbocycles. The number of aliphatic carboxylic acids is 1. The highest BCUT2D eigenvalue weighted by molar-refractivity contribution is 5.81. The number of carbonyl (C=O) groups is 2. The molecule has 0 radical (unpaired) electrons. The Kier molecular flexibility index (Phi) is 4.44. The molecule has 0 spiro atoms. The Bertz CT molecular complexity index is 472. The summed E-state index contributed by atoms with van der Waals surface area (Å²) in [6.07, 6.45) is 2.15. The number of rotatable bonds is 5. The molecule has 1 aliphatic heterocycles. The number of likely N-dealkylation sites (tertiary alicyclic amines) is 1. The topological polar surface area (TPSA) is 82.8 Å². The van der Waals surface area contributed by atoms with Crippen LogP contribution >= 0.6 is 0 Å². The Labute approximate surface area is 117 Å². The number of hydrogen-bond donors (Lipinski definition) is 2. The lowest BCUT2D eigenvalue weighted by atomic mass is 10.0. The number of carboxylic acid groups (broad SMARTS) is 1. The Morgan fingerprint density at radius 3 is 2.90 bits per heavy atom. The highest BCUT2D eigenvalue weighted by atomic mass is 16.4.